The lowest BCUT2D eigenvalue weighted by Crippen LogP contribution is -2.34. The van der Waals surface area contributed by atoms with E-state index >= 15 is 0 Å². The van der Waals surface area contributed by atoms with Gasteiger partial charge in [-0.15, -0.1) is 22.7 Å². The van der Waals surface area contributed by atoms with E-state index in [0.717, 1.165) is 5.01 Å². The molecule has 0 aliphatic rings. The highest BCUT2D eigenvalue weighted by Crippen LogP contribution is 2.28. The van der Waals surface area contributed by atoms with Crippen molar-refractivity contribution in [3.8, 4) is 10.7 Å². The number of hydrogen-bond donors (Lipinski definition) is 2. The second-order valence-corrected chi connectivity index (χ2v) is 7.59. The molecule has 7 nitrogen and oxygen atoms in total. The van der Waals surface area contributed by atoms with Crippen LogP contribution in [0, 0.1) is 0 Å². The molecule has 0 aliphatic heterocycles. The summed E-state index contributed by atoms with van der Waals surface area (Å²) in [5.41, 5.74) is 5.51. The van der Waals surface area contributed by atoms with Crippen molar-refractivity contribution in [3.63, 3.8) is 0 Å². The minimum absolute atomic E-state index is 0.222. The Morgan fingerprint density at radius 1 is 1.26 bits per heavy atom. The largest absolute Gasteiger partial charge is 0.444 e. The third kappa shape index (κ3) is 4.73. The van der Waals surface area contributed by atoms with Gasteiger partial charge in [0.05, 0.1) is 6.04 Å². The second-order valence-electron chi connectivity index (χ2n) is 5.84. The maximum absolute atomic E-state index is 11.8. The fourth-order valence-electron chi connectivity index (χ4n) is 1.64. The van der Waals surface area contributed by atoms with Gasteiger partial charge in [-0.1, -0.05) is 0 Å². The van der Waals surface area contributed by atoms with Gasteiger partial charge in [-0.2, -0.15) is 0 Å². The van der Waals surface area contributed by atoms with Gasteiger partial charge in [-0.25, -0.2) is 14.8 Å². The van der Waals surface area contributed by atoms with E-state index in [0.29, 0.717) is 10.7 Å². The molecule has 0 aliphatic carbocycles. The summed E-state index contributed by atoms with van der Waals surface area (Å²) in [6.07, 6.45) is -0.494. The molecule has 2 aromatic rings. The summed E-state index contributed by atoms with van der Waals surface area (Å²) in [5, 5.41) is 7.50. The summed E-state index contributed by atoms with van der Waals surface area (Å²) in [6, 6.07) is -0.292. The summed E-state index contributed by atoms with van der Waals surface area (Å²) in [7, 11) is 0. The van der Waals surface area contributed by atoms with Gasteiger partial charge in [-0.3, -0.25) is 4.79 Å². The third-order valence-corrected chi connectivity index (χ3v) is 4.49. The molecule has 0 radical (unpaired) electrons. The van der Waals surface area contributed by atoms with Crippen LogP contribution in [0.1, 0.15) is 49.2 Å². The zero-order valence-electron chi connectivity index (χ0n) is 13.2. The highest BCUT2D eigenvalue weighted by Gasteiger charge is 2.20. The first-order valence-electron chi connectivity index (χ1n) is 6.86. The van der Waals surface area contributed by atoms with Gasteiger partial charge in [0.1, 0.15) is 27.0 Å². The number of thiazole rings is 2. The van der Waals surface area contributed by atoms with Crippen LogP contribution in [0.15, 0.2) is 10.8 Å². The molecule has 0 saturated heterocycles. The summed E-state index contributed by atoms with van der Waals surface area (Å²) >= 11 is 2.70. The van der Waals surface area contributed by atoms with E-state index in [4.69, 9.17) is 10.5 Å². The SMILES string of the molecule is CC(NC(=O)OC(C)(C)C)c1nc(-c2nc(C(N)=O)cs2)cs1. The lowest BCUT2D eigenvalue weighted by Gasteiger charge is -2.21. The Hall–Kier alpha value is -2.00. The van der Waals surface area contributed by atoms with Gasteiger partial charge < -0.3 is 15.8 Å². The van der Waals surface area contributed by atoms with Gasteiger partial charge in [0.15, 0.2) is 0 Å². The molecule has 9 heteroatoms. The van der Waals surface area contributed by atoms with Crippen LogP contribution in [-0.4, -0.2) is 27.6 Å². The van der Waals surface area contributed by atoms with E-state index in [1.807, 2.05) is 12.3 Å². The van der Waals surface area contributed by atoms with Gasteiger partial charge >= 0.3 is 6.09 Å². The molecular weight excluding hydrogens is 336 g/mol. The lowest BCUT2D eigenvalue weighted by atomic mass is 10.2. The van der Waals surface area contributed by atoms with E-state index in [1.165, 1.54) is 22.7 Å². The molecule has 2 aromatic heterocycles. The summed E-state index contributed by atoms with van der Waals surface area (Å²) in [5.74, 6) is -0.567. The Morgan fingerprint density at radius 3 is 2.52 bits per heavy atom. The van der Waals surface area contributed by atoms with Gasteiger partial charge in [0, 0.05) is 10.8 Å². The zero-order valence-corrected chi connectivity index (χ0v) is 14.9. The molecule has 23 heavy (non-hydrogen) atoms. The number of nitrogens with two attached hydrogens (primary N) is 1. The molecule has 0 spiro atoms. The molecule has 0 saturated carbocycles. The van der Waals surface area contributed by atoms with Crippen LogP contribution in [-0.2, 0) is 4.74 Å². The lowest BCUT2D eigenvalue weighted by molar-refractivity contribution is 0.0507. The van der Waals surface area contributed by atoms with E-state index in [1.54, 1.807) is 26.2 Å². The highest BCUT2D eigenvalue weighted by atomic mass is 32.1. The molecule has 1 unspecified atom stereocenters. The van der Waals surface area contributed by atoms with Crippen LogP contribution in [0.25, 0.3) is 10.7 Å². The molecule has 2 heterocycles. The molecule has 0 bridgehead atoms. The maximum atomic E-state index is 11.8. The predicted molar refractivity (Wildman–Crippen MR) is 89.5 cm³/mol. The number of hydrogen-bond acceptors (Lipinski definition) is 7. The number of rotatable bonds is 4. The van der Waals surface area contributed by atoms with Crippen LogP contribution >= 0.6 is 22.7 Å². The smallest absolute Gasteiger partial charge is 0.408 e. The number of nitrogens with zero attached hydrogens (tertiary/aromatic N) is 2. The number of ether oxygens (including phenoxy) is 1. The Labute approximate surface area is 141 Å². The van der Waals surface area contributed by atoms with Crippen molar-refractivity contribution in [2.24, 2.45) is 5.73 Å². The summed E-state index contributed by atoms with van der Waals surface area (Å²) in [6.45, 7) is 7.23. The van der Waals surface area contributed by atoms with Crippen LogP contribution in [0.2, 0.25) is 0 Å². The first kappa shape index (κ1) is 17.4. The van der Waals surface area contributed by atoms with Crippen molar-refractivity contribution in [2.45, 2.75) is 39.3 Å². The van der Waals surface area contributed by atoms with Gasteiger partial charge in [0.2, 0.25) is 0 Å². The van der Waals surface area contributed by atoms with E-state index in [2.05, 4.69) is 15.3 Å². The average molecular weight is 354 g/mol. The number of amides is 2. The monoisotopic (exact) mass is 354 g/mol. The van der Waals surface area contributed by atoms with Crippen molar-refractivity contribution in [1.29, 1.82) is 0 Å². The first-order valence-corrected chi connectivity index (χ1v) is 8.62. The molecule has 2 amide bonds. The first-order chi connectivity index (χ1) is 10.7. The van der Waals surface area contributed by atoms with Crippen molar-refractivity contribution in [1.82, 2.24) is 15.3 Å². The molecule has 2 rings (SSSR count). The predicted octanol–water partition coefficient (Wildman–Crippen LogP) is 2.95. The van der Waals surface area contributed by atoms with Gasteiger partial charge in [-0.05, 0) is 27.7 Å². The van der Waals surface area contributed by atoms with Gasteiger partial charge in [0.25, 0.3) is 5.91 Å². The van der Waals surface area contributed by atoms with Crippen LogP contribution in [0.5, 0.6) is 0 Å². The number of alkyl carbamates (subject to hydrolysis) is 1. The summed E-state index contributed by atoms with van der Waals surface area (Å²) in [4.78, 5) is 31.4. The van der Waals surface area contributed by atoms with E-state index in [9.17, 15) is 9.59 Å². The zero-order chi connectivity index (χ0) is 17.2. The number of nitrogens with one attached hydrogen (secondary N) is 1. The Bertz CT molecular complexity index is 718. The minimum Gasteiger partial charge on any atom is -0.444 e. The van der Waals surface area contributed by atoms with Crippen LogP contribution in [0.4, 0.5) is 4.79 Å². The van der Waals surface area contributed by atoms with Crippen molar-refractivity contribution in [2.75, 3.05) is 0 Å². The Kier molecular flexibility index (Phi) is 5.00. The number of carbonyl (C=O) groups is 2. The number of aromatic nitrogens is 2. The fraction of sp³-hybridized carbons (Fsp3) is 0.429. The summed E-state index contributed by atoms with van der Waals surface area (Å²) < 4.78 is 5.22. The van der Waals surface area contributed by atoms with E-state index in [-0.39, 0.29) is 11.7 Å². The normalized spacial score (nSPS) is 12.7. The standard InChI is InChI=1S/C14H18N4O3S2/c1-7(16-13(20)21-14(2,3)4)11-18-9(6-22-11)12-17-8(5-23-12)10(15)19/h5-7H,1-4H3,(H2,15,19)(H,16,20). The van der Waals surface area contributed by atoms with Crippen molar-refractivity contribution < 1.29 is 14.3 Å². The Balaban J connectivity index is 2.06. The van der Waals surface area contributed by atoms with Crippen molar-refractivity contribution >= 4 is 34.7 Å². The highest BCUT2D eigenvalue weighted by molar-refractivity contribution is 7.14. The molecule has 0 aromatic carbocycles. The van der Waals surface area contributed by atoms with Crippen LogP contribution in [0.3, 0.4) is 0 Å². The molecule has 1 atom stereocenters. The van der Waals surface area contributed by atoms with Crippen LogP contribution < -0.4 is 11.1 Å². The average Bonchev–Trinajstić information content (AvgIpc) is 3.05. The molecule has 0 fully saturated rings. The Morgan fingerprint density at radius 2 is 1.96 bits per heavy atom. The quantitative estimate of drug-likeness (QED) is 0.878. The minimum atomic E-state index is -0.567. The fourth-order valence-corrected chi connectivity index (χ4v) is 3.29. The maximum Gasteiger partial charge on any atom is 0.408 e. The molecule has 124 valence electrons. The second kappa shape index (κ2) is 6.63. The van der Waals surface area contributed by atoms with Crippen molar-refractivity contribution in [3.05, 3.63) is 21.5 Å². The topological polar surface area (TPSA) is 107 Å². The third-order valence-electron chi connectivity index (χ3n) is 2.60. The molecule has 3 N–H and O–H groups in total. The molecular formula is C14H18N4O3S2. The number of primary amides is 1. The number of carbonyl (C=O) groups excluding carboxylic acids is 2. The van der Waals surface area contributed by atoms with E-state index < -0.39 is 17.6 Å².